The first-order chi connectivity index (χ1) is 11.6. The van der Waals surface area contributed by atoms with E-state index in [1.807, 2.05) is 61.6 Å². The Bertz CT molecular complexity index is 700. The van der Waals surface area contributed by atoms with Crippen molar-refractivity contribution in [3.63, 3.8) is 0 Å². The van der Waals surface area contributed by atoms with Crippen molar-refractivity contribution in [2.45, 2.75) is 31.8 Å². The number of carbonyl (C=O) groups is 1. The summed E-state index contributed by atoms with van der Waals surface area (Å²) in [5.74, 6) is 0.104. The number of carbonyl (C=O) groups excluding carboxylic acids is 1. The fraction of sp³-hybridized carbons (Fsp3) is 0.350. The molecule has 0 saturated heterocycles. The van der Waals surface area contributed by atoms with Gasteiger partial charge in [0, 0.05) is 29.8 Å². The van der Waals surface area contributed by atoms with Gasteiger partial charge >= 0.3 is 0 Å². The maximum absolute atomic E-state index is 12.8. The fourth-order valence-corrected chi connectivity index (χ4v) is 3.33. The Hall–Kier alpha value is -1.84. The van der Waals surface area contributed by atoms with Crippen molar-refractivity contribution in [1.82, 2.24) is 4.90 Å². The largest absolute Gasteiger partial charge is 0.314 e. The highest BCUT2D eigenvalue weighted by Crippen LogP contribution is 2.36. The zero-order valence-electron chi connectivity index (χ0n) is 14.2. The number of anilines is 1. The topological polar surface area (TPSA) is 23.6 Å². The first-order valence-electron chi connectivity index (χ1n) is 8.39. The highest BCUT2D eigenvalue weighted by molar-refractivity contribution is 6.31. The average molecular weight is 343 g/mol. The number of likely N-dealkylation sites (N-methyl/N-ethyl adjacent to an activating group) is 1. The Morgan fingerprint density at radius 1 is 1.12 bits per heavy atom. The molecule has 1 aliphatic carbocycles. The molecule has 1 amide bonds. The van der Waals surface area contributed by atoms with E-state index in [0.29, 0.717) is 12.6 Å². The van der Waals surface area contributed by atoms with Crippen molar-refractivity contribution in [3.8, 4) is 0 Å². The van der Waals surface area contributed by atoms with Crippen LogP contribution in [0, 0.1) is 0 Å². The van der Waals surface area contributed by atoms with Crippen molar-refractivity contribution in [2.75, 3.05) is 18.5 Å². The molecule has 1 aliphatic rings. The maximum Gasteiger partial charge on any atom is 0.240 e. The molecule has 3 nitrogen and oxygen atoms in total. The van der Waals surface area contributed by atoms with Crippen LogP contribution in [0.5, 0.6) is 0 Å². The summed E-state index contributed by atoms with van der Waals surface area (Å²) in [6.07, 6.45) is 2.30. The van der Waals surface area contributed by atoms with Crippen LogP contribution in [0.3, 0.4) is 0 Å². The second kappa shape index (κ2) is 7.37. The normalized spacial score (nSPS) is 15.3. The van der Waals surface area contributed by atoms with Crippen molar-refractivity contribution in [2.24, 2.45) is 0 Å². The van der Waals surface area contributed by atoms with Crippen LogP contribution in [-0.4, -0.2) is 30.4 Å². The van der Waals surface area contributed by atoms with Gasteiger partial charge in [0.1, 0.15) is 0 Å². The average Bonchev–Trinajstić information content (AvgIpc) is 3.44. The summed E-state index contributed by atoms with van der Waals surface area (Å²) in [5.41, 5.74) is 2.00. The van der Waals surface area contributed by atoms with Crippen LogP contribution in [0.15, 0.2) is 54.6 Å². The standard InChI is InChI=1S/C20H23ClN2O/c1-15(18-10-6-7-11-19(18)21)23(17-12-13-17)14-20(24)22(2)16-8-4-3-5-9-16/h3-11,15,17H,12-14H2,1-2H3. The fourth-order valence-electron chi connectivity index (χ4n) is 3.04. The summed E-state index contributed by atoms with van der Waals surface area (Å²) >= 11 is 6.36. The van der Waals surface area contributed by atoms with E-state index in [0.717, 1.165) is 29.1 Å². The molecule has 0 bridgehead atoms. The minimum Gasteiger partial charge on any atom is -0.314 e. The molecule has 2 aromatic rings. The van der Waals surface area contributed by atoms with E-state index in [9.17, 15) is 4.79 Å². The lowest BCUT2D eigenvalue weighted by Crippen LogP contribution is -2.40. The molecule has 0 heterocycles. The van der Waals surface area contributed by atoms with E-state index in [1.54, 1.807) is 4.90 Å². The lowest BCUT2D eigenvalue weighted by atomic mass is 10.1. The molecule has 24 heavy (non-hydrogen) atoms. The van der Waals surface area contributed by atoms with Gasteiger partial charge in [0.25, 0.3) is 0 Å². The van der Waals surface area contributed by atoms with Crippen LogP contribution in [0.25, 0.3) is 0 Å². The monoisotopic (exact) mass is 342 g/mol. The number of rotatable bonds is 6. The Morgan fingerprint density at radius 2 is 1.75 bits per heavy atom. The van der Waals surface area contributed by atoms with E-state index in [1.165, 1.54) is 0 Å². The van der Waals surface area contributed by atoms with Crippen LogP contribution in [0.1, 0.15) is 31.4 Å². The molecule has 0 N–H and O–H groups in total. The van der Waals surface area contributed by atoms with Gasteiger partial charge in [-0.2, -0.15) is 0 Å². The number of benzene rings is 2. The van der Waals surface area contributed by atoms with Crippen LogP contribution in [-0.2, 0) is 4.79 Å². The molecule has 1 unspecified atom stereocenters. The number of nitrogens with zero attached hydrogens (tertiary/aromatic N) is 2. The Labute approximate surface area is 148 Å². The third kappa shape index (κ3) is 3.80. The zero-order chi connectivity index (χ0) is 17.1. The van der Waals surface area contributed by atoms with Crippen LogP contribution in [0.2, 0.25) is 5.02 Å². The summed E-state index contributed by atoms with van der Waals surface area (Å²) in [7, 11) is 1.84. The van der Waals surface area contributed by atoms with Gasteiger partial charge < -0.3 is 4.90 Å². The van der Waals surface area contributed by atoms with Crippen LogP contribution in [0.4, 0.5) is 5.69 Å². The van der Waals surface area contributed by atoms with Crippen LogP contribution < -0.4 is 4.90 Å². The van der Waals surface area contributed by atoms with E-state index in [-0.39, 0.29) is 11.9 Å². The van der Waals surface area contributed by atoms with Gasteiger partial charge in [0.05, 0.1) is 6.54 Å². The lowest BCUT2D eigenvalue weighted by Gasteiger charge is -2.31. The van der Waals surface area contributed by atoms with E-state index < -0.39 is 0 Å². The van der Waals surface area contributed by atoms with Gasteiger partial charge in [0.15, 0.2) is 0 Å². The van der Waals surface area contributed by atoms with Gasteiger partial charge in [-0.25, -0.2) is 0 Å². The molecule has 0 aliphatic heterocycles. The van der Waals surface area contributed by atoms with Crippen molar-refractivity contribution >= 4 is 23.2 Å². The summed E-state index contributed by atoms with van der Waals surface area (Å²) in [6.45, 7) is 2.54. The smallest absolute Gasteiger partial charge is 0.240 e. The Morgan fingerprint density at radius 3 is 2.38 bits per heavy atom. The number of halogens is 1. The van der Waals surface area contributed by atoms with E-state index in [4.69, 9.17) is 11.6 Å². The second-order valence-corrected chi connectivity index (χ2v) is 6.80. The predicted molar refractivity (Wildman–Crippen MR) is 99.4 cm³/mol. The first kappa shape index (κ1) is 17.0. The second-order valence-electron chi connectivity index (χ2n) is 6.39. The number of para-hydroxylation sites is 1. The summed E-state index contributed by atoms with van der Waals surface area (Å²) in [5, 5.41) is 0.763. The highest BCUT2D eigenvalue weighted by Gasteiger charge is 2.35. The third-order valence-electron chi connectivity index (χ3n) is 4.70. The molecular weight excluding hydrogens is 320 g/mol. The number of hydrogen-bond acceptors (Lipinski definition) is 2. The molecule has 0 aromatic heterocycles. The molecule has 1 atom stereocenters. The quantitative estimate of drug-likeness (QED) is 0.770. The Kier molecular flexibility index (Phi) is 5.22. The summed E-state index contributed by atoms with van der Waals surface area (Å²) in [6, 6.07) is 18.3. The van der Waals surface area contributed by atoms with Gasteiger partial charge in [-0.05, 0) is 43.5 Å². The van der Waals surface area contributed by atoms with E-state index in [2.05, 4.69) is 11.8 Å². The highest BCUT2D eigenvalue weighted by atomic mass is 35.5. The molecule has 0 radical (unpaired) electrons. The SMILES string of the molecule is CC(c1ccccc1Cl)N(CC(=O)N(C)c1ccccc1)C1CC1. The van der Waals surface area contributed by atoms with Crippen molar-refractivity contribution in [1.29, 1.82) is 0 Å². The molecule has 3 rings (SSSR count). The van der Waals surface area contributed by atoms with Gasteiger partial charge in [-0.3, -0.25) is 9.69 Å². The molecule has 126 valence electrons. The van der Waals surface area contributed by atoms with Gasteiger partial charge in [-0.1, -0.05) is 48.0 Å². The first-order valence-corrected chi connectivity index (χ1v) is 8.77. The Balaban J connectivity index is 1.75. The van der Waals surface area contributed by atoms with Crippen molar-refractivity contribution in [3.05, 3.63) is 65.2 Å². The molecule has 1 saturated carbocycles. The molecule has 1 fully saturated rings. The van der Waals surface area contributed by atoms with Crippen molar-refractivity contribution < 1.29 is 4.79 Å². The lowest BCUT2D eigenvalue weighted by molar-refractivity contribution is -0.120. The van der Waals surface area contributed by atoms with Crippen LogP contribution >= 0.6 is 11.6 Å². The maximum atomic E-state index is 12.8. The van der Waals surface area contributed by atoms with Gasteiger partial charge in [0.2, 0.25) is 5.91 Å². The number of amides is 1. The third-order valence-corrected chi connectivity index (χ3v) is 5.05. The predicted octanol–water partition coefficient (Wildman–Crippen LogP) is 4.53. The molecular formula is C20H23ClN2O. The molecule has 2 aromatic carbocycles. The molecule has 4 heteroatoms. The zero-order valence-corrected chi connectivity index (χ0v) is 14.9. The summed E-state index contributed by atoms with van der Waals surface area (Å²) in [4.78, 5) is 16.8. The van der Waals surface area contributed by atoms with E-state index >= 15 is 0 Å². The minimum absolute atomic E-state index is 0.104. The van der Waals surface area contributed by atoms with Gasteiger partial charge in [-0.15, -0.1) is 0 Å². The number of hydrogen-bond donors (Lipinski definition) is 0. The molecule has 0 spiro atoms. The minimum atomic E-state index is 0.104. The summed E-state index contributed by atoms with van der Waals surface area (Å²) < 4.78 is 0.